The van der Waals surface area contributed by atoms with Gasteiger partial charge < -0.3 is 4.74 Å². The lowest BCUT2D eigenvalue weighted by Gasteiger charge is -2.40. The molecular formula is C9H12Cl2O2. The lowest BCUT2D eigenvalue weighted by atomic mass is 9.71. The molecule has 13 heavy (non-hydrogen) atoms. The van der Waals surface area contributed by atoms with Gasteiger partial charge in [0.05, 0.1) is 0 Å². The van der Waals surface area contributed by atoms with Crippen molar-refractivity contribution in [2.24, 2.45) is 5.41 Å². The maximum atomic E-state index is 11.7. The molecule has 2 rings (SSSR count). The Bertz CT molecular complexity index is 285. The summed E-state index contributed by atoms with van der Waals surface area (Å²) in [6, 6.07) is 0. The molecule has 0 aromatic rings. The van der Waals surface area contributed by atoms with Crippen molar-refractivity contribution in [3.8, 4) is 0 Å². The van der Waals surface area contributed by atoms with Crippen molar-refractivity contribution in [2.75, 3.05) is 0 Å². The summed E-state index contributed by atoms with van der Waals surface area (Å²) in [6.45, 7) is 5.72. The number of hydrogen-bond acceptors (Lipinski definition) is 2. The minimum Gasteiger partial charge on any atom is -0.358 e. The third-order valence-corrected chi connectivity index (χ3v) is 4.47. The van der Waals surface area contributed by atoms with Crippen LogP contribution in [0.3, 0.4) is 0 Å². The van der Waals surface area contributed by atoms with E-state index < -0.39 is 9.75 Å². The molecule has 2 nitrogen and oxygen atoms in total. The summed E-state index contributed by atoms with van der Waals surface area (Å²) in [5, 5.41) is 0. The van der Waals surface area contributed by atoms with Gasteiger partial charge in [-0.3, -0.25) is 4.79 Å². The largest absolute Gasteiger partial charge is 0.358 e. The number of fused-ring (bicyclic) bond motifs is 1. The summed E-state index contributed by atoms with van der Waals surface area (Å²) < 4.78 is 4.03. The van der Waals surface area contributed by atoms with Crippen LogP contribution in [-0.2, 0) is 9.53 Å². The van der Waals surface area contributed by atoms with Crippen molar-refractivity contribution >= 4 is 29.0 Å². The van der Waals surface area contributed by atoms with Gasteiger partial charge in [0.15, 0.2) is 4.33 Å². The fourth-order valence-corrected chi connectivity index (χ4v) is 2.52. The van der Waals surface area contributed by atoms with Gasteiger partial charge in [-0.15, -0.1) is 0 Å². The molecule has 1 aliphatic carbocycles. The van der Waals surface area contributed by atoms with E-state index in [1.165, 1.54) is 0 Å². The number of epoxide rings is 1. The standard InChI is InChI=1S/C9H12Cl2O2/c1-7(2)4-8(3)6(13-8)5(12)9(7,10)11/h6H,4H2,1-3H3/t6-,8+/m1/s1. The third-order valence-electron chi connectivity index (χ3n) is 3.07. The summed E-state index contributed by atoms with van der Waals surface area (Å²) in [5.41, 5.74) is -0.733. The maximum absolute atomic E-state index is 11.7. The molecule has 0 aromatic heterocycles. The van der Waals surface area contributed by atoms with Crippen LogP contribution < -0.4 is 0 Å². The smallest absolute Gasteiger partial charge is 0.200 e. The number of halogens is 2. The number of ether oxygens (including phenoxy) is 1. The lowest BCUT2D eigenvalue weighted by molar-refractivity contribution is -0.124. The van der Waals surface area contributed by atoms with Crippen LogP contribution in [0.15, 0.2) is 0 Å². The number of ketones is 1. The fraction of sp³-hybridized carbons (Fsp3) is 0.889. The second-order valence-electron chi connectivity index (χ2n) is 4.81. The van der Waals surface area contributed by atoms with Crippen molar-refractivity contribution in [3.05, 3.63) is 0 Å². The van der Waals surface area contributed by atoms with Gasteiger partial charge in [-0.25, -0.2) is 0 Å². The predicted molar refractivity (Wildman–Crippen MR) is 51.1 cm³/mol. The van der Waals surface area contributed by atoms with Gasteiger partial charge in [0.2, 0.25) is 5.78 Å². The summed E-state index contributed by atoms with van der Waals surface area (Å²) in [6.07, 6.45) is 0.346. The summed E-state index contributed by atoms with van der Waals surface area (Å²) in [4.78, 5) is 11.7. The number of hydrogen-bond donors (Lipinski definition) is 0. The SMILES string of the molecule is CC1(C)C[C@]2(C)O[C@@H]2C(=O)C1(Cl)Cl. The van der Waals surface area contributed by atoms with Crippen molar-refractivity contribution in [3.63, 3.8) is 0 Å². The molecule has 74 valence electrons. The minimum absolute atomic E-state index is 0.186. The van der Waals surface area contributed by atoms with Crippen LogP contribution in [-0.4, -0.2) is 21.8 Å². The van der Waals surface area contributed by atoms with Gasteiger partial charge in [0.25, 0.3) is 0 Å². The summed E-state index contributed by atoms with van der Waals surface area (Å²) in [5.74, 6) is -0.186. The first-order valence-electron chi connectivity index (χ1n) is 4.31. The van der Waals surface area contributed by atoms with Gasteiger partial charge in [-0.05, 0) is 13.3 Å². The van der Waals surface area contributed by atoms with E-state index in [0.717, 1.165) is 6.42 Å². The normalized spacial score (nSPS) is 45.6. The second kappa shape index (κ2) is 2.23. The highest BCUT2D eigenvalue weighted by Gasteiger charge is 2.71. The Morgan fingerprint density at radius 3 is 2.46 bits per heavy atom. The Kier molecular flexibility index (Phi) is 1.68. The number of carbonyl (C=O) groups is 1. The molecular weight excluding hydrogens is 211 g/mol. The second-order valence-corrected chi connectivity index (χ2v) is 6.14. The lowest BCUT2D eigenvalue weighted by Crippen LogP contribution is -2.51. The van der Waals surface area contributed by atoms with Crippen molar-refractivity contribution < 1.29 is 9.53 Å². The molecule has 0 N–H and O–H groups in total. The molecule has 2 atom stereocenters. The molecule has 0 unspecified atom stereocenters. The first kappa shape index (κ1) is 9.75. The molecule has 1 saturated carbocycles. The molecule has 1 heterocycles. The molecule has 1 saturated heterocycles. The topological polar surface area (TPSA) is 29.6 Å². The number of alkyl halides is 2. The quantitative estimate of drug-likeness (QED) is 0.466. The van der Waals surface area contributed by atoms with E-state index in [2.05, 4.69) is 0 Å². The van der Waals surface area contributed by atoms with Crippen molar-refractivity contribution in [2.45, 2.75) is 43.2 Å². The highest BCUT2D eigenvalue weighted by atomic mass is 35.5. The van der Waals surface area contributed by atoms with Gasteiger partial charge in [-0.1, -0.05) is 37.0 Å². The Hall–Kier alpha value is 0.210. The van der Waals surface area contributed by atoms with E-state index in [9.17, 15) is 4.79 Å². The monoisotopic (exact) mass is 222 g/mol. The zero-order valence-electron chi connectivity index (χ0n) is 7.86. The molecule has 0 amide bonds. The average Bonchev–Trinajstić information content (AvgIpc) is 2.56. The highest BCUT2D eigenvalue weighted by Crippen LogP contribution is 2.59. The first-order valence-corrected chi connectivity index (χ1v) is 5.06. The first-order chi connectivity index (χ1) is 5.71. The Labute approximate surface area is 87.5 Å². The Balaban J connectivity index is 2.39. The summed E-state index contributed by atoms with van der Waals surface area (Å²) in [7, 11) is 0. The van der Waals surface area contributed by atoms with Crippen LogP contribution in [0, 0.1) is 5.41 Å². The Morgan fingerprint density at radius 2 is 1.92 bits per heavy atom. The number of carbonyl (C=O) groups excluding carboxylic acids is 1. The van der Waals surface area contributed by atoms with E-state index in [-0.39, 0.29) is 17.5 Å². The van der Waals surface area contributed by atoms with Gasteiger partial charge in [-0.2, -0.15) is 0 Å². The summed E-state index contributed by atoms with van der Waals surface area (Å²) >= 11 is 12.1. The molecule has 0 bridgehead atoms. The van der Waals surface area contributed by atoms with Crippen molar-refractivity contribution in [1.82, 2.24) is 0 Å². The molecule has 4 heteroatoms. The Morgan fingerprint density at radius 1 is 1.38 bits per heavy atom. The van der Waals surface area contributed by atoms with E-state index in [4.69, 9.17) is 27.9 Å². The molecule has 0 spiro atoms. The van der Waals surface area contributed by atoms with Crippen LogP contribution >= 0.6 is 23.2 Å². The molecule has 2 fully saturated rings. The van der Waals surface area contributed by atoms with Crippen LogP contribution in [0.2, 0.25) is 0 Å². The van der Waals surface area contributed by atoms with Gasteiger partial charge in [0, 0.05) is 5.41 Å². The molecule has 1 aliphatic heterocycles. The predicted octanol–water partition coefficient (Wildman–Crippen LogP) is 2.32. The molecule has 2 aliphatic rings. The van der Waals surface area contributed by atoms with Crippen LogP contribution in [0.4, 0.5) is 0 Å². The van der Waals surface area contributed by atoms with E-state index in [1.54, 1.807) is 0 Å². The number of rotatable bonds is 0. The average molecular weight is 223 g/mol. The van der Waals surface area contributed by atoms with E-state index >= 15 is 0 Å². The van der Waals surface area contributed by atoms with Gasteiger partial charge in [0.1, 0.15) is 11.7 Å². The fourth-order valence-electron chi connectivity index (χ4n) is 2.19. The molecule has 0 aromatic carbocycles. The maximum Gasteiger partial charge on any atom is 0.200 e. The minimum atomic E-state index is -1.30. The zero-order chi connectivity index (χ0) is 10.1. The highest BCUT2D eigenvalue weighted by molar-refractivity contribution is 6.59. The van der Waals surface area contributed by atoms with Crippen LogP contribution in [0.25, 0.3) is 0 Å². The van der Waals surface area contributed by atoms with E-state index in [0.29, 0.717) is 0 Å². The zero-order valence-corrected chi connectivity index (χ0v) is 9.37. The van der Waals surface area contributed by atoms with Crippen LogP contribution in [0.1, 0.15) is 27.2 Å². The third kappa shape index (κ3) is 1.09. The van der Waals surface area contributed by atoms with Crippen molar-refractivity contribution in [1.29, 1.82) is 0 Å². The molecule has 0 radical (unpaired) electrons. The number of Topliss-reactive ketones (excluding diaryl/α,β-unsaturated/α-hetero) is 1. The van der Waals surface area contributed by atoms with Crippen LogP contribution in [0.5, 0.6) is 0 Å². The van der Waals surface area contributed by atoms with Gasteiger partial charge >= 0.3 is 0 Å². The van der Waals surface area contributed by atoms with E-state index in [1.807, 2.05) is 20.8 Å².